The minimum absolute atomic E-state index is 0.542. The maximum absolute atomic E-state index is 12.0. The number of halogens is 2. The van der Waals surface area contributed by atoms with Crippen LogP contribution in [0.15, 0.2) is 66.3 Å². The third kappa shape index (κ3) is 11.4. The first kappa shape index (κ1) is 39.6. The molecule has 0 atom stereocenters. The van der Waals surface area contributed by atoms with Crippen LogP contribution in [0.2, 0.25) is 0 Å². The van der Waals surface area contributed by atoms with Crippen molar-refractivity contribution in [2.75, 3.05) is 6.61 Å². The lowest BCUT2D eigenvalue weighted by Crippen LogP contribution is -2.01. The van der Waals surface area contributed by atoms with Crippen LogP contribution in [0.25, 0.3) is 34.3 Å². The highest BCUT2D eigenvalue weighted by atomic mass is 32.1. The first-order valence-corrected chi connectivity index (χ1v) is 16.3. The van der Waals surface area contributed by atoms with E-state index in [0.717, 1.165) is 58.4 Å². The Bertz CT molecular complexity index is 2190. The quantitative estimate of drug-likeness (QED) is 0.115. The fourth-order valence-corrected chi connectivity index (χ4v) is 4.50. The van der Waals surface area contributed by atoms with Gasteiger partial charge >= 0.3 is 23.1 Å². The molecule has 6 rings (SSSR count). The highest BCUT2D eigenvalue weighted by Gasteiger charge is 2.14. The summed E-state index contributed by atoms with van der Waals surface area (Å²) in [7, 11) is 0. The van der Waals surface area contributed by atoms with E-state index in [2.05, 4.69) is 40.1 Å². The van der Waals surface area contributed by atoms with Crippen molar-refractivity contribution in [3.05, 3.63) is 94.6 Å². The van der Waals surface area contributed by atoms with E-state index in [0.29, 0.717) is 28.5 Å². The van der Waals surface area contributed by atoms with Crippen LogP contribution in [0.4, 0.5) is 8.78 Å². The number of aryl methyl sites for hydroxylation is 4. The summed E-state index contributed by atoms with van der Waals surface area (Å²) in [6, 6.07) is 11.6. The van der Waals surface area contributed by atoms with Crippen molar-refractivity contribution >= 4 is 46.9 Å². The van der Waals surface area contributed by atoms with Gasteiger partial charge in [0.15, 0.2) is 24.2 Å². The molecule has 0 saturated heterocycles. The van der Waals surface area contributed by atoms with E-state index in [-0.39, 0.29) is 0 Å². The number of hydrogen-bond donors (Lipinski definition) is 0. The second kappa shape index (κ2) is 20.0. The number of rotatable bonds is 9. The summed E-state index contributed by atoms with van der Waals surface area (Å²) in [6.45, 7) is 7.30. The lowest BCUT2D eigenvalue weighted by Gasteiger charge is -2.04. The SMILES string of the molecule is CCc1cc(/C=N/OCC(F)F)cnc1-c1nc2cc(C)ccn2n1.CCc1cc(C=O)cnc1-c1nc2cc(C)ccn2n1.O=S=O.O=S=O. The van der Waals surface area contributed by atoms with Gasteiger partial charge in [-0.1, -0.05) is 19.0 Å². The number of carbonyl (C=O) groups is 1. The number of fused-ring (bicyclic) bond motifs is 2. The third-order valence-electron chi connectivity index (χ3n) is 6.76. The van der Waals surface area contributed by atoms with E-state index in [1.807, 2.05) is 76.5 Å². The number of carbonyl (C=O) groups excluding carboxylic acids is 1. The Morgan fingerprint density at radius 2 is 1.24 bits per heavy atom. The molecule has 0 aliphatic carbocycles. The second-order valence-corrected chi connectivity index (χ2v) is 10.6. The Kier molecular flexibility index (Phi) is 15.5. The normalized spacial score (nSPS) is 10.5. The Labute approximate surface area is 297 Å². The molecule has 0 aliphatic rings. The van der Waals surface area contributed by atoms with Crippen LogP contribution in [0.5, 0.6) is 0 Å². The van der Waals surface area contributed by atoms with Gasteiger partial charge in [0.05, 0.1) is 6.21 Å². The maximum atomic E-state index is 12.0. The molecule has 266 valence electrons. The van der Waals surface area contributed by atoms with Gasteiger partial charge in [-0.3, -0.25) is 14.8 Å². The molecule has 0 aliphatic heterocycles. The van der Waals surface area contributed by atoms with Gasteiger partial charge in [0, 0.05) is 35.9 Å². The van der Waals surface area contributed by atoms with Crippen LogP contribution in [-0.2, 0) is 40.8 Å². The summed E-state index contributed by atoms with van der Waals surface area (Å²) in [6.07, 6.45) is 7.98. The van der Waals surface area contributed by atoms with Gasteiger partial charge in [-0.25, -0.2) is 27.8 Å². The number of aldehydes is 1. The Morgan fingerprint density at radius 1 is 0.784 bits per heavy atom. The Morgan fingerprint density at radius 3 is 1.67 bits per heavy atom. The van der Waals surface area contributed by atoms with Crippen molar-refractivity contribution < 1.29 is 35.2 Å². The number of hydrogen-bond acceptors (Lipinski definition) is 13. The molecule has 51 heavy (non-hydrogen) atoms. The standard InChI is InChI=1S/C17H17F2N5O.C15H14N4O.2O2S/c1-3-13-7-12(9-21-25-10-14(18)19)8-20-16(13)17-22-15-6-11(2)4-5-24(15)23-17;1-3-12-7-11(9-20)8-16-14(12)15-17-13-6-10(2)4-5-19(13)18-15;2*1-3-2/h4-9,14H,3,10H2,1-2H3;4-9H,3H2,1-2H3;;/b21-9+;;;. The zero-order valence-corrected chi connectivity index (χ0v) is 29.3. The highest BCUT2D eigenvalue weighted by molar-refractivity contribution is 7.51. The predicted molar refractivity (Wildman–Crippen MR) is 183 cm³/mol. The molecule has 6 aromatic rings. The van der Waals surface area contributed by atoms with Crippen LogP contribution >= 0.6 is 0 Å². The molecular formula is C32H31F2N9O6S2. The largest absolute Gasteiger partial charge is 0.390 e. The smallest absolute Gasteiger partial charge is 0.335 e. The van der Waals surface area contributed by atoms with Gasteiger partial charge < -0.3 is 4.84 Å². The van der Waals surface area contributed by atoms with Crippen molar-refractivity contribution in [2.24, 2.45) is 5.16 Å². The molecule has 0 radical (unpaired) electrons. The topological polar surface area (TPSA) is 193 Å². The fourth-order valence-electron chi connectivity index (χ4n) is 4.50. The molecular weight excluding hydrogens is 709 g/mol. The molecule has 0 spiro atoms. The molecule has 19 heteroatoms. The average molecular weight is 740 g/mol. The van der Waals surface area contributed by atoms with E-state index in [4.69, 9.17) is 16.8 Å². The first-order chi connectivity index (χ1) is 24.6. The van der Waals surface area contributed by atoms with Gasteiger partial charge in [0.2, 0.25) is 11.6 Å². The van der Waals surface area contributed by atoms with Crippen LogP contribution in [0, 0.1) is 13.8 Å². The third-order valence-corrected chi connectivity index (χ3v) is 6.76. The minimum atomic E-state index is -2.55. The molecule has 6 aromatic heterocycles. The van der Waals surface area contributed by atoms with Crippen LogP contribution in [0.3, 0.4) is 0 Å². The summed E-state index contributed by atoms with van der Waals surface area (Å²) < 4.78 is 60.6. The zero-order valence-electron chi connectivity index (χ0n) is 27.7. The van der Waals surface area contributed by atoms with Gasteiger partial charge in [-0.2, -0.15) is 16.8 Å². The fraction of sp³-hybridized carbons (Fsp3) is 0.250. The summed E-state index contributed by atoms with van der Waals surface area (Å²) in [5.41, 5.74) is 8.36. The monoisotopic (exact) mass is 739 g/mol. The lowest BCUT2D eigenvalue weighted by atomic mass is 10.1. The van der Waals surface area contributed by atoms with Crippen molar-refractivity contribution in [1.29, 1.82) is 0 Å². The summed E-state index contributed by atoms with van der Waals surface area (Å²) in [5, 5.41) is 12.4. The van der Waals surface area contributed by atoms with Crippen LogP contribution < -0.4 is 0 Å². The van der Waals surface area contributed by atoms with E-state index in [1.165, 1.54) is 6.21 Å². The van der Waals surface area contributed by atoms with Crippen LogP contribution in [-0.4, -0.2) is 81.5 Å². The molecule has 0 fully saturated rings. The molecule has 0 bridgehead atoms. The van der Waals surface area contributed by atoms with E-state index in [9.17, 15) is 13.6 Å². The van der Waals surface area contributed by atoms with Crippen molar-refractivity contribution in [3.8, 4) is 23.0 Å². The summed E-state index contributed by atoms with van der Waals surface area (Å²) in [4.78, 5) is 33.1. The average Bonchev–Trinajstić information content (AvgIpc) is 3.74. The van der Waals surface area contributed by atoms with Crippen molar-refractivity contribution in [2.45, 2.75) is 47.0 Å². The van der Waals surface area contributed by atoms with Gasteiger partial charge in [-0.05, 0) is 85.3 Å². The first-order valence-electron chi connectivity index (χ1n) is 15.0. The number of aromatic nitrogens is 8. The number of pyridine rings is 4. The van der Waals surface area contributed by atoms with Gasteiger partial charge in [0.25, 0.3) is 6.43 Å². The van der Waals surface area contributed by atoms with Gasteiger partial charge in [0.1, 0.15) is 11.4 Å². The molecule has 0 aromatic carbocycles. The number of alkyl halides is 2. The van der Waals surface area contributed by atoms with E-state index in [1.54, 1.807) is 21.4 Å². The van der Waals surface area contributed by atoms with Gasteiger partial charge in [-0.15, -0.1) is 10.2 Å². The predicted octanol–water partition coefficient (Wildman–Crippen LogP) is 4.41. The Hall–Kier alpha value is -5.82. The van der Waals surface area contributed by atoms with Crippen molar-refractivity contribution in [3.63, 3.8) is 0 Å². The zero-order chi connectivity index (χ0) is 37.3. The van der Waals surface area contributed by atoms with E-state index >= 15 is 0 Å². The maximum Gasteiger partial charge on any atom is 0.335 e. The molecule has 0 amide bonds. The minimum Gasteiger partial charge on any atom is -0.390 e. The lowest BCUT2D eigenvalue weighted by molar-refractivity contribution is 0.0209. The highest BCUT2D eigenvalue weighted by Crippen LogP contribution is 2.22. The molecule has 0 saturated carbocycles. The second-order valence-electron chi connectivity index (χ2n) is 10.3. The summed E-state index contributed by atoms with van der Waals surface area (Å²) in [5.74, 6) is 1.13. The van der Waals surface area contributed by atoms with Crippen LogP contribution in [0.1, 0.15) is 52.0 Å². The molecule has 15 nitrogen and oxygen atoms in total. The van der Waals surface area contributed by atoms with E-state index < -0.39 is 36.2 Å². The molecule has 0 N–H and O–H groups in total. The Balaban J connectivity index is 0.000000243. The molecule has 6 heterocycles. The summed E-state index contributed by atoms with van der Waals surface area (Å²) >= 11 is -1.50. The van der Waals surface area contributed by atoms with Crippen molar-refractivity contribution in [1.82, 2.24) is 39.2 Å². The molecule has 0 unspecified atom stereocenters. The number of oxime groups is 1. The number of nitrogens with zero attached hydrogens (tertiary/aromatic N) is 9.